The van der Waals surface area contributed by atoms with E-state index in [-0.39, 0.29) is 5.92 Å². The first-order valence-electron chi connectivity index (χ1n) is 4.54. The number of benzene rings is 1. The molecule has 2 heteroatoms. The molecule has 0 saturated heterocycles. The van der Waals surface area contributed by atoms with Crippen LogP contribution in [0, 0.1) is 11.6 Å². The smallest absolute Gasteiger partial charge is 0.162 e. The second-order valence-corrected chi connectivity index (χ2v) is 3.49. The minimum absolute atomic E-state index is 0.0287. The fourth-order valence-corrected chi connectivity index (χ4v) is 1.29. The van der Waals surface area contributed by atoms with Crippen LogP contribution in [0.4, 0.5) is 8.78 Å². The Labute approximate surface area is 77.6 Å². The van der Waals surface area contributed by atoms with Gasteiger partial charge in [-0.15, -0.1) is 0 Å². The summed E-state index contributed by atoms with van der Waals surface area (Å²) in [5, 5.41) is 0. The summed E-state index contributed by atoms with van der Waals surface area (Å²) < 4.78 is 26.2. The third-order valence-electron chi connectivity index (χ3n) is 2.15. The maximum absolute atomic E-state index is 13.2. The topological polar surface area (TPSA) is 0 Å². The van der Waals surface area contributed by atoms with Crippen molar-refractivity contribution in [3.63, 3.8) is 0 Å². The molecule has 0 unspecified atom stereocenters. The van der Waals surface area contributed by atoms with Gasteiger partial charge in [0.25, 0.3) is 0 Å². The lowest BCUT2D eigenvalue weighted by atomic mass is 9.99. The Balaban J connectivity index is 3.25. The first kappa shape index (κ1) is 10.2. The fraction of sp³-hybridized carbons (Fsp3) is 0.455. The van der Waals surface area contributed by atoms with Crippen molar-refractivity contribution in [2.24, 2.45) is 0 Å². The van der Waals surface area contributed by atoms with Crippen molar-refractivity contribution in [2.75, 3.05) is 0 Å². The molecule has 0 aliphatic heterocycles. The van der Waals surface area contributed by atoms with Gasteiger partial charge >= 0.3 is 0 Å². The lowest BCUT2D eigenvalue weighted by molar-refractivity contribution is 0.492. The van der Waals surface area contributed by atoms with Crippen LogP contribution in [-0.2, 0) is 6.42 Å². The fourth-order valence-electron chi connectivity index (χ4n) is 1.29. The Kier molecular flexibility index (Phi) is 3.02. The van der Waals surface area contributed by atoms with Gasteiger partial charge in [-0.25, -0.2) is 8.78 Å². The van der Waals surface area contributed by atoms with E-state index in [0.29, 0.717) is 5.56 Å². The van der Waals surface area contributed by atoms with Crippen LogP contribution in [0.15, 0.2) is 12.1 Å². The van der Waals surface area contributed by atoms with Crippen molar-refractivity contribution in [3.8, 4) is 0 Å². The first-order chi connectivity index (χ1) is 6.06. The third-order valence-corrected chi connectivity index (χ3v) is 2.15. The second kappa shape index (κ2) is 3.86. The van der Waals surface area contributed by atoms with Crippen molar-refractivity contribution < 1.29 is 8.78 Å². The highest BCUT2D eigenvalue weighted by atomic mass is 19.2. The Hall–Kier alpha value is -0.920. The average molecular weight is 184 g/mol. The summed E-state index contributed by atoms with van der Waals surface area (Å²) in [6, 6.07) is 3.00. The largest absolute Gasteiger partial charge is 0.204 e. The minimum atomic E-state index is -0.733. The Morgan fingerprint density at radius 3 is 2.31 bits per heavy atom. The van der Waals surface area contributed by atoms with E-state index in [1.54, 1.807) is 6.07 Å². The van der Waals surface area contributed by atoms with Crippen molar-refractivity contribution in [2.45, 2.75) is 33.1 Å². The molecule has 0 aromatic heterocycles. The van der Waals surface area contributed by atoms with Crippen LogP contribution in [-0.4, -0.2) is 0 Å². The van der Waals surface area contributed by atoms with Gasteiger partial charge in [-0.3, -0.25) is 0 Å². The summed E-state index contributed by atoms with van der Waals surface area (Å²) in [6.45, 7) is 5.64. The summed E-state index contributed by atoms with van der Waals surface area (Å²) in [5.41, 5.74) is 1.32. The SMILES string of the molecule is CCc1cc(F)c(F)c(C(C)C)c1. The Morgan fingerprint density at radius 2 is 1.85 bits per heavy atom. The van der Waals surface area contributed by atoms with Gasteiger partial charge in [0.1, 0.15) is 0 Å². The van der Waals surface area contributed by atoms with Crippen LogP contribution >= 0.6 is 0 Å². The number of halogens is 2. The molecule has 0 radical (unpaired) electrons. The highest BCUT2D eigenvalue weighted by Gasteiger charge is 2.12. The van der Waals surface area contributed by atoms with Crippen LogP contribution in [0.3, 0.4) is 0 Å². The van der Waals surface area contributed by atoms with Gasteiger partial charge in [-0.1, -0.05) is 26.8 Å². The number of hydrogen-bond acceptors (Lipinski definition) is 0. The molecule has 0 aliphatic carbocycles. The summed E-state index contributed by atoms with van der Waals surface area (Å²) in [4.78, 5) is 0. The number of hydrogen-bond donors (Lipinski definition) is 0. The number of aryl methyl sites for hydroxylation is 1. The standard InChI is InChI=1S/C11H14F2/c1-4-8-5-9(7(2)3)11(13)10(12)6-8/h5-7H,4H2,1-3H3. The van der Waals surface area contributed by atoms with Crippen molar-refractivity contribution in [1.82, 2.24) is 0 Å². The third kappa shape index (κ3) is 2.06. The summed E-state index contributed by atoms with van der Waals surface area (Å²) >= 11 is 0. The molecule has 0 fully saturated rings. The summed E-state index contributed by atoms with van der Waals surface area (Å²) in [6.07, 6.45) is 0.733. The maximum atomic E-state index is 13.2. The quantitative estimate of drug-likeness (QED) is 0.658. The maximum Gasteiger partial charge on any atom is 0.162 e. The van der Waals surface area contributed by atoms with Crippen molar-refractivity contribution in [1.29, 1.82) is 0 Å². The van der Waals surface area contributed by atoms with E-state index in [1.807, 2.05) is 20.8 Å². The molecule has 0 amide bonds. The van der Waals surface area contributed by atoms with Gasteiger partial charge in [0.2, 0.25) is 0 Å². The molecule has 13 heavy (non-hydrogen) atoms. The molecule has 0 bridgehead atoms. The monoisotopic (exact) mass is 184 g/mol. The van der Waals surface area contributed by atoms with E-state index in [9.17, 15) is 8.78 Å². The molecule has 0 spiro atoms. The molecular formula is C11H14F2. The van der Waals surface area contributed by atoms with E-state index in [2.05, 4.69) is 0 Å². The van der Waals surface area contributed by atoms with Crippen LogP contribution in [0.1, 0.15) is 37.8 Å². The van der Waals surface area contributed by atoms with Crippen molar-refractivity contribution in [3.05, 3.63) is 34.9 Å². The van der Waals surface area contributed by atoms with E-state index in [1.165, 1.54) is 6.07 Å². The zero-order valence-corrected chi connectivity index (χ0v) is 8.20. The molecule has 0 saturated carbocycles. The van der Waals surface area contributed by atoms with Crippen LogP contribution in [0.2, 0.25) is 0 Å². The van der Waals surface area contributed by atoms with Gasteiger partial charge in [-0.2, -0.15) is 0 Å². The molecule has 0 nitrogen and oxygen atoms in total. The van der Waals surface area contributed by atoms with Crippen LogP contribution in [0.5, 0.6) is 0 Å². The molecule has 72 valence electrons. The molecule has 0 aliphatic rings. The Bertz CT molecular complexity index is 303. The van der Waals surface area contributed by atoms with Gasteiger partial charge in [0, 0.05) is 0 Å². The molecule has 0 atom stereocenters. The predicted octanol–water partition coefficient (Wildman–Crippen LogP) is 3.65. The zero-order valence-electron chi connectivity index (χ0n) is 8.20. The molecule has 0 N–H and O–H groups in total. The minimum Gasteiger partial charge on any atom is -0.204 e. The Morgan fingerprint density at radius 1 is 1.23 bits per heavy atom. The molecule has 0 heterocycles. The highest BCUT2D eigenvalue weighted by Crippen LogP contribution is 2.22. The normalized spacial score (nSPS) is 10.9. The highest BCUT2D eigenvalue weighted by molar-refractivity contribution is 5.28. The van der Waals surface area contributed by atoms with Gasteiger partial charge in [0.15, 0.2) is 11.6 Å². The van der Waals surface area contributed by atoms with E-state index < -0.39 is 11.6 Å². The van der Waals surface area contributed by atoms with Crippen molar-refractivity contribution >= 4 is 0 Å². The van der Waals surface area contributed by atoms with Crippen LogP contribution in [0.25, 0.3) is 0 Å². The second-order valence-electron chi connectivity index (χ2n) is 3.49. The summed E-state index contributed by atoms with van der Waals surface area (Å²) in [5.74, 6) is -1.41. The van der Waals surface area contributed by atoms with E-state index in [4.69, 9.17) is 0 Å². The van der Waals surface area contributed by atoms with E-state index in [0.717, 1.165) is 12.0 Å². The van der Waals surface area contributed by atoms with Gasteiger partial charge in [0.05, 0.1) is 0 Å². The first-order valence-corrected chi connectivity index (χ1v) is 4.54. The molecular weight excluding hydrogens is 170 g/mol. The van der Waals surface area contributed by atoms with Gasteiger partial charge < -0.3 is 0 Å². The molecule has 1 aromatic carbocycles. The van der Waals surface area contributed by atoms with Gasteiger partial charge in [-0.05, 0) is 29.5 Å². The van der Waals surface area contributed by atoms with Crippen LogP contribution < -0.4 is 0 Å². The lowest BCUT2D eigenvalue weighted by Gasteiger charge is -2.09. The predicted molar refractivity (Wildman–Crippen MR) is 49.8 cm³/mol. The van der Waals surface area contributed by atoms with E-state index >= 15 is 0 Å². The molecule has 1 aromatic rings. The average Bonchev–Trinajstić information content (AvgIpc) is 2.09. The zero-order chi connectivity index (χ0) is 10.0. The molecule has 1 rings (SSSR count). The summed E-state index contributed by atoms with van der Waals surface area (Å²) in [7, 11) is 0. The lowest BCUT2D eigenvalue weighted by Crippen LogP contribution is -1.98. The number of rotatable bonds is 2.